The summed E-state index contributed by atoms with van der Waals surface area (Å²) in [6, 6.07) is 3.57. The maximum atomic E-state index is 8.70. The van der Waals surface area contributed by atoms with Crippen molar-refractivity contribution in [2.75, 3.05) is 6.61 Å². The Labute approximate surface area is 72.0 Å². The number of aliphatic hydroxyl groups is 1. The SMILES string of the molecule is CCCOc1ccc(CO)nc1. The van der Waals surface area contributed by atoms with Gasteiger partial charge in [0.1, 0.15) is 5.75 Å². The average Bonchev–Trinajstić information content (AvgIpc) is 2.15. The smallest absolute Gasteiger partial charge is 0.137 e. The third kappa shape index (κ3) is 2.51. The predicted molar refractivity (Wildman–Crippen MR) is 45.9 cm³/mol. The van der Waals surface area contributed by atoms with Crippen molar-refractivity contribution in [2.24, 2.45) is 0 Å². The monoisotopic (exact) mass is 167 g/mol. The van der Waals surface area contributed by atoms with Crippen molar-refractivity contribution in [1.29, 1.82) is 0 Å². The predicted octanol–water partition coefficient (Wildman–Crippen LogP) is 1.36. The first kappa shape index (κ1) is 9.00. The highest BCUT2D eigenvalue weighted by Crippen LogP contribution is 2.08. The van der Waals surface area contributed by atoms with Gasteiger partial charge in [0.2, 0.25) is 0 Å². The maximum Gasteiger partial charge on any atom is 0.137 e. The van der Waals surface area contributed by atoms with Crippen molar-refractivity contribution in [1.82, 2.24) is 4.98 Å². The summed E-state index contributed by atoms with van der Waals surface area (Å²) in [7, 11) is 0. The number of hydrogen-bond acceptors (Lipinski definition) is 3. The minimum atomic E-state index is -0.0198. The van der Waals surface area contributed by atoms with E-state index in [0.29, 0.717) is 12.3 Å². The van der Waals surface area contributed by atoms with E-state index in [1.807, 2.05) is 6.07 Å². The largest absolute Gasteiger partial charge is 0.492 e. The summed E-state index contributed by atoms with van der Waals surface area (Å²) >= 11 is 0. The number of aromatic nitrogens is 1. The molecule has 66 valence electrons. The van der Waals surface area contributed by atoms with Crippen molar-refractivity contribution in [2.45, 2.75) is 20.0 Å². The van der Waals surface area contributed by atoms with E-state index in [0.717, 1.165) is 12.2 Å². The zero-order valence-corrected chi connectivity index (χ0v) is 7.16. The second-order valence-electron chi connectivity index (χ2n) is 2.49. The van der Waals surface area contributed by atoms with Gasteiger partial charge in [-0.05, 0) is 18.6 Å². The van der Waals surface area contributed by atoms with Crippen molar-refractivity contribution < 1.29 is 9.84 Å². The van der Waals surface area contributed by atoms with Crippen molar-refractivity contribution in [3.8, 4) is 5.75 Å². The van der Waals surface area contributed by atoms with Gasteiger partial charge in [-0.15, -0.1) is 0 Å². The Hall–Kier alpha value is -1.09. The van der Waals surface area contributed by atoms with E-state index in [4.69, 9.17) is 9.84 Å². The zero-order valence-electron chi connectivity index (χ0n) is 7.16. The molecule has 1 N–H and O–H groups in total. The molecule has 1 heterocycles. The first-order valence-corrected chi connectivity index (χ1v) is 4.05. The molecule has 1 aromatic rings. The zero-order chi connectivity index (χ0) is 8.81. The van der Waals surface area contributed by atoms with Crippen LogP contribution in [0.1, 0.15) is 19.0 Å². The van der Waals surface area contributed by atoms with Crippen molar-refractivity contribution in [3.63, 3.8) is 0 Å². The molecule has 0 aliphatic carbocycles. The molecule has 0 atom stereocenters. The maximum absolute atomic E-state index is 8.70. The van der Waals surface area contributed by atoms with Crippen LogP contribution < -0.4 is 4.74 Å². The van der Waals surface area contributed by atoms with Gasteiger partial charge in [-0.2, -0.15) is 0 Å². The molecule has 0 spiro atoms. The van der Waals surface area contributed by atoms with Crippen molar-refractivity contribution >= 4 is 0 Å². The van der Waals surface area contributed by atoms with Crippen LogP contribution in [-0.2, 0) is 6.61 Å². The fourth-order valence-electron chi connectivity index (χ4n) is 0.810. The molecule has 0 saturated heterocycles. The van der Waals surface area contributed by atoms with Crippen LogP contribution in [0.25, 0.3) is 0 Å². The van der Waals surface area contributed by atoms with Crippen LogP contribution >= 0.6 is 0 Å². The molecule has 0 radical (unpaired) electrons. The molecule has 0 saturated carbocycles. The molecule has 3 nitrogen and oxygen atoms in total. The van der Waals surface area contributed by atoms with E-state index >= 15 is 0 Å². The Kier molecular flexibility index (Phi) is 3.54. The minimum Gasteiger partial charge on any atom is -0.492 e. The molecule has 12 heavy (non-hydrogen) atoms. The average molecular weight is 167 g/mol. The van der Waals surface area contributed by atoms with Gasteiger partial charge < -0.3 is 9.84 Å². The highest BCUT2D eigenvalue weighted by atomic mass is 16.5. The van der Waals surface area contributed by atoms with E-state index in [9.17, 15) is 0 Å². The molecular formula is C9H13NO2. The van der Waals surface area contributed by atoms with Gasteiger partial charge in [0.25, 0.3) is 0 Å². The van der Waals surface area contributed by atoms with Crippen LogP contribution in [0, 0.1) is 0 Å². The van der Waals surface area contributed by atoms with Crippen LogP contribution in [0.3, 0.4) is 0 Å². The lowest BCUT2D eigenvalue weighted by Crippen LogP contribution is -1.96. The van der Waals surface area contributed by atoms with E-state index in [1.165, 1.54) is 0 Å². The molecule has 0 aromatic carbocycles. The van der Waals surface area contributed by atoms with Crippen molar-refractivity contribution in [3.05, 3.63) is 24.0 Å². The lowest BCUT2D eigenvalue weighted by Gasteiger charge is -2.03. The summed E-state index contributed by atoms with van der Waals surface area (Å²) < 4.78 is 5.31. The van der Waals surface area contributed by atoms with Crippen LogP contribution in [0.15, 0.2) is 18.3 Å². The Morgan fingerprint density at radius 3 is 2.83 bits per heavy atom. The first-order valence-electron chi connectivity index (χ1n) is 4.05. The Morgan fingerprint density at radius 1 is 1.50 bits per heavy atom. The lowest BCUT2D eigenvalue weighted by atomic mass is 10.3. The lowest BCUT2D eigenvalue weighted by molar-refractivity contribution is 0.275. The summed E-state index contributed by atoms with van der Waals surface area (Å²) in [6.07, 6.45) is 2.61. The molecule has 1 aromatic heterocycles. The summed E-state index contributed by atoms with van der Waals surface area (Å²) in [4.78, 5) is 3.98. The molecule has 0 bridgehead atoms. The third-order valence-electron chi connectivity index (χ3n) is 1.43. The van der Waals surface area contributed by atoms with Gasteiger partial charge in [0.05, 0.1) is 25.1 Å². The summed E-state index contributed by atoms with van der Waals surface area (Å²) in [5.74, 6) is 0.758. The van der Waals surface area contributed by atoms with Crippen LogP contribution in [0.5, 0.6) is 5.75 Å². The second-order valence-corrected chi connectivity index (χ2v) is 2.49. The number of hydrogen-bond donors (Lipinski definition) is 1. The quantitative estimate of drug-likeness (QED) is 0.736. The molecule has 0 unspecified atom stereocenters. The molecule has 0 aliphatic heterocycles. The van der Waals surface area contributed by atoms with Crippen LogP contribution in [0.2, 0.25) is 0 Å². The number of aliphatic hydroxyl groups excluding tert-OH is 1. The minimum absolute atomic E-state index is 0.0198. The molecule has 1 rings (SSSR count). The topological polar surface area (TPSA) is 42.4 Å². The first-order chi connectivity index (χ1) is 5.86. The number of pyridine rings is 1. The summed E-state index contributed by atoms with van der Waals surface area (Å²) in [5.41, 5.74) is 0.666. The normalized spacial score (nSPS) is 9.83. The Morgan fingerprint density at radius 2 is 2.33 bits per heavy atom. The van der Waals surface area contributed by atoms with Gasteiger partial charge in [-0.1, -0.05) is 6.92 Å². The fourth-order valence-corrected chi connectivity index (χ4v) is 0.810. The van der Waals surface area contributed by atoms with Crippen LogP contribution in [-0.4, -0.2) is 16.7 Å². The summed E-state index contributed by atoms with van der Waals surface area (Å²) in [6.45, 7) is 2.74. The van der Waals surface area contributed by atoms with E-state index in [2.05, 4.69) is 11.9 Å². The number of rotatable bonds is 4. The Balaban J connectivity index is 2.53. The van der Waals surface area contributed by atoms with E-state index in [-0.39, 0.29) is 6.61 Å². The highest BCUT2D eigenvalue weighted by molar-refractivity contribution is 5.19. The number of ether oxygens (including phenoxy) is 1. The molecule has 0 fully saturated rings. The third-order valence-corrected chi connectivity index (χ3v) is 1.43. The van der Waals surface area contributed by atoms with Gasteiger partial charge >= 0.3 is 0 Å². The van der Waals surface area contributed by atoms with E-state index in [1.54, 1.807) is 12.3 Å². The molecule has 0 aliphatic rings. The van der Waals surface area contributed by atoms with Gasteiger partial charge in [-0.25, -0.2) is 0 Å². The molecule has 0 amide bonds. The Bertz CT molecular complexity index is 220. The summed E-state index contributed by atoms with van der Waals surface area (Å²) in [5, 5.41) is 8.70. The van der Waals surface area contributed by atoms with Gasteiger partial charge in [0, 0.05) is 0 Å². The molecular weight excluding hydrogens is 154 g/mol. The standard InChI is InChI=1S/C9H13NO2/c1-2-5-12-9-4-3-8(7-11)10-6-9/h3-4,6,11H,2,5,7H2,1H3. The van der Waals surface area contributed by atoms with Gasteiger partial charge in [-0.3, -0.25) is 4.98 Å². The fraction of sp³-hybridized carbons (Fsp3) is 0.444. The number of nitrogens with zero attached hydrogens (tertiary/aromatic N) is 1. The van der Waals surface area contributed by atoms with E-state index < -0.39 is 0 Å². The van der Waals surface area contributed by atoms with Crippen LogP contribution in [0.4, 0.5) is 0 Å². The second kappa shape index (κ2) is 4.72. The van der Waals surface area contributed by atoms with Gasteiger partial charge in [0.15, 0.2) is 0 Å². The molecule has 3 heteroatoms. The highest BCUT2D eigenvalue weighted by Gasteiger charge is 1.93.